The number of unbranched alkanes of at least 4 members (excludes halogenated alkanes) is 1. The monoisotopic (exact) mass is 289 g/mol. The molecular formula is C18H27NO2. The van der Waals surface area contributed by atoms with Gasteiger partial charge in [-0.15, -0.1) is 0 Å². The second-order valence-corrected chi connectivity index (χ2v) is 6.16. The lowest BCUT2D eigenvalue weighted by Crippen LogP contribution is -2.34. The number of carbonyl (C=O) groups is 1. The molecule has 1 aliphatic rings. The molecule has 0 radical (unpaired) electrons. The summed E-state index contributed by atoms with van der Waals surface area (Å²) in [5.74, 6) is -0.0278. The molecule has 1 N–H and O–H groups in total. The first-order valence-electron chi connectivity index (χ1n) is 8.22. The van der Waals surface area contributed by atoms with E-state index in [0.29, 0.717) is 12.3 Å². The fourth-order valence-electron chi connectivity index (χ4n) is 3.14. The molecule has 1 aromatic carbocycles. The number of hydrogen-bond donors (Lipinski definition) is 1. The Bertz CT molecular complexity index is 410. The predicted octanol–water partition coefficient (Wildman–Crippen LogP) is 3.59. The lowest BCUT2D eigenvalue weighted by molar-refractivity contribution is -0.137. The molecule has 0 atom stereocenters. The zero-order chi connectivity index (χ0) is 14.9. The third kappa shape index (κ3) is 6.30. The van der Waals surface area contributed by atoms with Crippen LogP contribution in [0.4, 0.5) is 0 Å². The third-order valence-electron chi connectivity index (χ3n) is 4.51. The zero-order valence-corrected chi connectivity index (χ0v) is 12.8. The van der Waals surface area contributed by atoms with Gasteiger partial charge >= 0.3 is 5.97 Å². The summed E-state index contributed by atoms with van der Waals surface area (Å²) in [7, 11) is 0. The average Bonchev–Trinajstić information content (AvgIpc) is 2.52. The Balaban J connectivity index is 1.54. The fourth-order valence-corrected chi connectivity index (χ4v) is 3.14. The molecule has 0 bridgehead atoms. The van der Waals surface area contributed by atoms with Crippen molar-refractivity contribution >= 4 is 5.97 Å². The Hall–Kier alpha value is -1.35. The van der Waals surface area contributed by atoms with Crippen molar-refractivity contribution in [3.8, 4) is 0 Å². The van der Waals surface area contributed by atoms with Gasteiger partial charge in [-0.05, 0) is 69.6 Å². The van der Waals surface area contributed by atoms with Crippen molar-refractivity contribution in [2.24, 2.45) is 5.92 Å². The number of hydrogen-bond acceptors (Lipinski definition) is 2. The Kier molecular flexibility index (Phi) is 6.74. The summed E-state index contributed by atoms with van der Waals surface area (Å²) in [5.41, 5.74) is 1.44. The Morgan fingerprint density at radius 3 is 2.52 bits per heavy atom. The summed E-state index contributed by atoms with van der Waals surface area (Å²) in [6.45, 7) is 3.49. The van der Waals surface area contributed by atoms with E-state index >= 15 is 0 Å². The van der Waals surface area contributed by atoms with Gasteiger partial charge in [0.1, 0.15) is 0 Å². The van der Waals surface area contributed by atoms with Gasteiger partial charge in [-0.25, -0.2) is 0 Å². The molecule has 2 rings (SSSR count). The third-order valence-corrected chi connectivity index (χ3v) is 4.51. The summed E-state index contributed by atoms with van der Waals surface area (Å²) in [4.78, 5) is 13.1. The Morgan fingerprint density at radius 2 is 1.86 bits per heavy atom. The van der Waals surface area contributed by atoms with Crippen molar-refractivity contribution in [3.63, 3.8) is 0 Å². The lowest BCUT2D eigenvalue weighted by Gasteiger charge is -2.31. The maximum Gasteiger partial charge on any atom is 0.303 e. The standard InChI is InChI=1S/C18H27NO2/c20-18(21)10-9-17-11-14-19(15-12-17)13-5-4-8-16-6-2-1-3-7-16/h1-3,6-7,17H,4-5,8-15H2,(H,20,21). The number of aryl methyl sites for hydroxylation is 1. The second kappa shape index (κ2) is 8.83. The largest absolute Gasteiger partial charge is 0.481 e. The quantitative estimate of drug-likeness (QED) is 0.744. The van der Waals surface area contributed by atoms with Crippen LogP contribution in [0.5, 0.6) is 0 Å². The highest BCUT2D eigenvalue weighted by molar-refractivity contribution is 5.66. The van der Waals surface area contributed by atoms with Gasteiger partial charge < -0.3 is 10.0 Å². The van der Waals surface area contributed by atoms with E-state index in [2.05, 4.69) is 35.2 Å². The average molecular weight is 289 g/mol. The zero-order valence-electron chi connectivity index (χ0n) is 12.8. The lowest BCUT2D eigenvalue weighted by atomic mass is 9.92. The van der Waals surface area contributed by atoms with Crippen molar-refractivity contribution in [1.82, 2.24) is 4.90 Å². The molecule has 0 saturated carbocycles. The van der Waals surface area contributed by atoms with Crippen LogP contribution in [-0.2, 0) is 11.2 Å². The smallest absolute Gasteiger partial charge is 0.303 e. The van der Waals surface area contributed by atoms with E-state index in [9.17, 15) is 4.79 Å². The van der Waals surface area contributed by atoms with Crippen LogP contribution in [0.1, 0.15) is 44.1 Å². The van der Waals surface area contributed by atoms with E-state index in [1.165, 1.54) is 44.2 Å². The number of carboxylic acid groups (broad SMARTS) is 1. The molecule has 1 aromatic rings. The summed E-state index contributed by atoms with van der Waals surface area (Å²) >= 11 is 0. The first kappa shape index (κ1) is 16.0. The van der Waals surface area contributed by atoms with E-state index in [1.807, 2.05) is 0 Å². The highest BCUT2D eigenvalue weighted by atomic mass is 16.4. The Morgan fingerprint density at radius 1 is 1.14 bits per heavy atom. The minimum absolute atomic E-state index is 0.335. The van der Waals surface area contributed by atoms with Crippen molar-refractivity contribution < 1.29 is 9.90 Å². The van der Waals surface area contributed by atoms with Gasteiger partial charge in [0.2, 0.25) is 0 Å². The van der Waals surface area contributed by atoms with Gasteiger partial charge in [0.25, 0.3) is 0 Å². The van der Waals surface area contributed by atoms with Gasteiger partial charge in [-0.2, -0.15) is 0 Å². The minimum Gasteiger partial charge on any atom is -0.481 e. The van der Waals surface area contributed by atoms with Gasteiger partial charge in [-0.3, -0.25) is 4.79 Å². The highest BCUT2D eigenvalue weighted by Crippen LogP contribution is 2.22. The minimum atomic E-state index is -0.654. The molecule has 0 unspecified atom stereocenters. The maximum atomic E-state index is 10.6. The number of rotatable bonds is 8. The van der Waals surface area contributed by atoms with E-state index in [1.54, 1.807) is 0 Å². The van der Waals surface area contributed by atoms with Gasteiger partial charge in [-0.1, -0.05) is 30.3 Å². The van der Waals surface area contributed by atoms with Crippen LogP contribution in [0, 0.1) is 5.92 Å². The normalized spacial score (nSPS) is 17.0. The van der Waals surface area contributed by atoms with Crippen molar-refractivity contribution in [1.29, 1.82) is 0 Å². The molecule has 3 heteroatoms. The molecule has 1 heterocycles. The van der Waals surface area contributed by atoms with Crippen LogP contribution in [0.3, 0.4) is 0 Å². The van der Waals surface area contributed by atoms with Crippen LogP contribution in [0.2, 0.25) is 0 Å². The molecule has 3 nitrogen and oxygen atoms in total. The van der Waals surface area contributed by atoms with Crippen LogP contribution in [-0.4, -0.2) is 35.6 Å². The molecule has 0 amide bonds. The summed E-state index contributed by atoms with van der Waals surface area (Å²) < 4.78 is 0. The number of benzene rings is 1. The van der Waals surface area contributed by atoms with Crippen LogP contribution < -0.4 is 0 Å². The molecule has 0 spiro atoms. The van der Waals surface area contributed by atoms with Crippen molar-refractivity contribution in [2.45, 2.75) is 44.9 Å². The molecule has 1 fully saturated rings. The van der Waals surface area contributed by atoms with Crippen LogP contribution >= 0.6 is 0 Å². The molecular weight excluding hydrogens is 262 g/mol. The highest BCUT2D eigenvalue weighted by Gasteiger charge is 2.19. The Labute approximate surface area is 128 Å². The number of aliphatic carboxylic acids is 1. The number of piperidine rings is 1. The fraction of sp³-hybridized carbons (Fsp3) is 0.611. The van der Waals surface area contributed by atoms with E-state index < -0.39 is 5.97 Å². The van der Waals surface area contributed by atoms with Gasteiger partial charge in [0, 0.05) is 6.42 Å². The summed E-state index contributed by atoms with van der Waals surface area (Å²) in [6, 6.07) is 10.7. The molecule has 0 aliphatic carbocycles. The maximum absolute atomic E-state index is 10.6. The first-order chi connectivity index (χ1) is 10.2. The van der Waals surface area contributed by atoms with Crippen molar-refractivity contribution in [3.05, 3.63) is 35.9 Å². The van der Waals surface area contributed by atoms with E-state index in [0.717, 1.165) is 19.5 Å². The topological polar surface area (TPSA) is 40.5 Å². The van der Waals surface area contributed by atoms with Crippen LogP contribution in [0.25, 0.3) is 0 Å². The van der Waals surface area contributed by atoms with Gasteiger partial charge in [0.15, 0.2) is 0 Å². The molecule has 116 valence electrons. The molecule has 1 aliphatic heterocycles. The van der Waals surface area contributed by atoms with E-state index in [4.69, 9.17) is 5.11 Å². The van der Waals surface area contributed by atoms with E-state index in [-0.39, 0.29) is 0 Å². The predicted molar refractivity (Wildman–Crippen MR) is 85.4 cm³/mol. The van der Waals surface area contributed by atoms with Crippen molar-refractivity contribution in [2.75, 3.05) is 19.6 Å². The van der Waals surface area contributed by atoms with Crippen LogP contribution in [0.15, 0.2) is 30.3 Å². The summed E-state index contributed by atoms with van der Waals surface area (Å²) in [5, 5.41) is 8.72. The first-order valence-corrected chi connectivity index (χ1v) is 8.22. The number of carboxylic acids is 1. The molecule has 21 heavy (non-hydrogen) atoms. The number of nitrogens with zero attached hydrogens (tertiary/aromatic N) is 1. The molecule has 0 aromatic heterocycles. The SMILES string of the molecule is O=C(O)CCC1CCN(CCCCc2ccccc2)CC1. The van der Waals surface area contributed by atoms with Gasteiger partial charge in [0.05, 0.1) is 0 Å². The second-order valence-electron chi connectivity index (χ2n) is 6.16. The summed E-state index contributed by atoms with van der Waals surface area (Å²) in [6.07, 6.45) is 7.23. The molecule has 1 saturated heterocycles. The number of likely N-dealkylation sites (tertiary alicyclic amines) is 1.